The van der Waals surface area contributed by atoms with Gasteiger partial charge in [0.25, 0.3) is 10.2 Å². The van der Waals surface area contributed by atoms with E-state index in [0.717, 1.165) is 19.3 Å². The van der Waals surface area contributed by atoms with Gasteiger partial charge in [0, 0.05) is 19.1 Å². The van der Waals surface area contributed by atoms with Gasteiger partial charge in [-0.25, -0.2) is 4.72 Å². The van der Waals surface area contributed by atoms with Crippen molar-refractivity contribution in [3.05, 3.63) is 0 Å². The minimum absolute atomic E-state index is 0.162. The van der Waals surface area contributed by atoms with Crippen LogP contribution in [0.3, 0.4) is 0 Å². The third-order valence-electron chi connectivity index (χ3n) is 2.19. The van der Waals surface area contributed by atoms with Crippen LogP contribution in [0.15, 0.2) is 0 Å². The molecule has 0 aliphatic rings. The van der Waals surface area contributed by atoms with Crippen molar-refractivity contribution >= 4 is 10.2 Å². The summed E-state index contributed by atoms with van der Waals surface area (Å²) in [6.45, 7) is 6.77. The number of unbranched alkanes of at least 4 members (excludes halogenated alkanes) is 1. The van der Waals surface area contributed by atoms with E-state index in [1.165, 1.54) is 0 Å². The molecule has 0 aromatic heterocycles. The molecule has 0 spiro atoms. The van der Waals surface area contributed by atoms with Gasteiger partial charge in [0.1, 0.15) is 0 Å². The van der Waals surface area contributed by atoms with Crippen LogP contribution in [0, 0.1) is 5.92 Å². The molecule has 1 unspecified atom stereocenters. The Balaban J connectivity index is 4.10. The zero-order valence-corrected chi connectivity index (χ0v) is 11.3. The Labute approximate surface area is 99.4 Å². The molecule has 16 heavy (non-hydrogen) atoms. The molecule has 0 bridgehead atoms. The highest BCUT2D eigenvalue weighted by molar-refractivity contribution is 7.87. The molecule has 0 radical (unpaired) electrons. The highest BCUT2D eigenvalue weighted by atomic mass is 32.2. The zero-order chi connectivity index (χ0) is 12.6. The summed E-state index contributed by atoms with van der Waals surface area (Å²) in [5.74, 6) is 0.295. The van der Waals surface area contributed by atoms with Crippen LogP contribution in [0.2, 0.25) is 0 Å². The summed E-state index contributed by atoms with van der Waals surface area (Å²) in [7, 11) is -3.40. The lowest BCUT2D eigenvalue weighted by molar-refractivity contribution is 0.501. The first-order chi connectivity index (χ1) is 7.41. The minimum Gasteiger partial charge on any atom is -0.329 e. The van der Waals surface area contributed by atoms with Crippen LogP contribution in [-0.2, 0) is 10.2 Å². The second kappa shape index (κ2) is 8.00. The quantitative estimate of drug-likeness (QED) is 0.560. The SMILES string of the molecule is CCCCC(CN)NS(=O)(=O)NCC(C)C. The summed E-state index contributed by atoms with van der Waals surface area (Å²) in [4.78, 5) is 0. The van der Waals surface area contributed by atoms with Gasteiger partial charge < -0.3 is 5.73 Å². The first-order valence-electron chi connectivity index (χ1n) is 5.88. The van der Waals surface area contributed by atoms with Gasteiger partial charge in [-0.1, -0.05) is 33.6 Å². The van der Waals surface area contributed by atoms with Crippen LogP contribution in [0.5, 0.6) is 0 Å². The summed E-state index contributed by atoms with van der Waals surface area (Å²) in [5, 5.41) is 0. The fourth-order valence-corrected chi connectivity index (χ4v) is 2.50. The summed E-state index contributed by atoms with van der Waals surface area (Å²) in [5.41, 5.74) is 5.52. The van der Waals surface area contributed by atoms with E-state index in [2.05, 4.69) is 16.4 Å². The van der Waals surface area contributed by atoms with Crippen LogP contribution in [0.25, 0.3) is 0 Å². The molecule has 5 nitrogen and oxygen atoms in total. The molecule has 0 aliphatic heterocycles. The van der Waals surface area contributed by atoms with Crippen molar-refractivity contribution in [2.75, 3.05) is 13.1 Å². The second-order valence-corrected chi connectivity index (χ2v) is 5.97. The van der Waals surface area contributed by atoms with E-state index < -0.39 is 10.2 Å². The number of hydrogen-bond donors (Lipinski definition) is 3. The summed E-state index contributed by atoms with van der Waals surface area (Å²) >= 11 is 0. The topological polar surface area (TPSA) is 84.2 Å². The lowest BCUT2D eigenvalue weighted by Crippen LogP contribution is -2.46. The molecule has 0 saturated heterocycles. The molecule has 0 fully saturated rings. The Morgan fingerprint density at radius 1 is 1.31 bits per heavy atom. The monoisotopic (exact) mass is 251 g/mol. The highest BCUT2D eigenvalue weighted by Gasteiger charge is 2.15. The van der Waals surface area contributed by atoms with E-state index in [1.54, 1.807) is 0 Å². The minimum atomic E-state index is -3.40. The molecule has 0 amide bonds. The first kappa shape index (κ1) is 15.8. The van der Waals surface area contributed by atoms with Crippen LogP contribution in [-0.4, -0.2) is 27.5 Å². The smallest absolute Gasteiger partial charge is 0.277 e. The van der Waals surface area contributed by atoms with E-state index in [1.807, 2.05) is 13.8 Å². The van der Waals surface area contributed by atoms with E-state index >= 15 is 0 Å². The summed E-state index contributed by atoms with van der Waals surface area (Å²) in [6, 6.07) is -0.162. The van der Waals surface area contributed by atoms with Gasteiger partial charge in [0.15, 0.2) is 0 Å². The van der Waals surface area contributed by atoms with Crippen molar-refractivity contribution in [2.24, 2.45) is 11.7 Å². The van der Waals surface area contributed by atoms with Gasteiger partial charge in [-0.05, 0) is 12.3 Å². The predicted molar refractivity (Wildman–Crippen MR) is 67.3 cm³/mol. The molecule has 0 aliphatic carbocycles. The maximum absolute atomic E-state index is 11.6. The second-order valence-electron chi connectivity index (χ2n) is 4.44. The van der Waals surface area contributed by atoms with Gasteiger partial charge >= 0.3 is 0 Å². The Bertz CT molecular complexity index is 265. The van der Waals surface area contributed by atoms with Crippen molar-refractivity contribution in [2.45, 2.75) is 46.1 Å². The molecule has 0 saturated carbocycles. The van der Waals surface area contributed by atoms with Crippen LogP contribution < -0.4 is 15.2 Å². The average molecular weight is 251 g/mol. The molecule has 4 N–H and O–H groups in total. The predicted octanol–water partition coefficient (Wildman–Crippen LogP) is 0.584. The van der Waals surface area contributed by atoms with E-state index in [-0.39, 0.29) is 6.04 Å². The molecular formula is C10H25N3O2S. The first-order valence-corrected chi connectivity index (χ1v) is 7.36. The number of nitrogens with one attached hydrogen (secondary N) is 2. The Hall–Kier alpha value is -0.170. The molecule has 0 rings (SSSR count). The lowest BCUT2D eigenvalue weighted by atomic mass is 10.1. The normalized spacial score (nSPS) is 14.3. The van der Waals surface area contributed by atoms with Gasteiger partial charge in [0.05, 0.1) is 0 Å². The van der Waals surface area contributed by atoms with E-state index in [9.17, 15) is 8.42 Å². The van der Waals surface area contributed by atoms with Crippen LogP contribution >= 0.6 is 0 Å². The standard InChI is InChI=1S/C10H25N3O2S/c1-4-5-6-10(7-11)13-16(14,15)12-8-9(2)3/h9-10,12-13H,4-8,11H2,1-3H3. The van der Waals surface area contributed by atoms with E-state index in [4.69, 9.17) is 5.73 Å². The molecule has 0 aromatic carbocycles. The number of rotatable bonds is 9. The zero-order valence-electron chi connectivity index (χ0n) is 10.5. The molecule has 98 valence electrons. The maximum atomic E-state index is 11.6. The van der Waals surface area contributed by atoms with E-state index in [0.29, 0.717) is 19.0 Å². The average Bonchev–Trinajstić information content (AvgIpc) is 2.21. The van der Waals surface area contributed by atoms with Crippen molar-refractivity contribution in [1.82, 2.24) is 9.44 Å². The Morgan fingerprint density at radius 3 is 2.38 bits per heavy atom. The van der Waals surface area contributed by atoms with Crippen molar-refractivity contribution in [1.29, 1.82) is 0 Å². The number of hydrogen-bond acceptors (Lipinski definition) is 3. The van der Waals surface area contributed by atoms with Gasteiger partial charge in [-0.2, -0.15) is 13.1 Å². The summed E-state index contributed by atoms with van der Waals surface area (Å²) < 4.78 is 28.3. The van der Waals surface area contributed by atoms with Crippen molar-refractivity contribution < 1.29 is 8.42 Å². The molecular weight excluding hydrogens is 226 g/mol. The Morgan fingerprint density at radius 2 is 1.94 bits per heavy atom. The lowest BCUT2D eigenvalue weighted by Gasteiger charge is -2.17. The largest absolute Gasteiger partial charge is 0.329 e. The molecule has 0 aromatic rings. The molecule has 1 atom stereocenters. The highest BCUT2D eigenvalue weighted by Crippen LogP contribution is 2.00. The summed E-state index contributed by atoms with van der Waals surface area (Å²) in [6.07, 6.45) is 2.81. The van der Waals surface area contributed by atoms with Gasteiger partial charge in [-0.3, -0.25) is 0 Å². The fourth-order valence-electron chi connectivity index (χ4n) is 1.21. The van der Waals surface area contributed by atoms with Crippen LogP contribution in [0.1, 0.15) is 40.0 Å². The van der Waals surface area contributed by atoms with Gasteiger partial charge in [-0.15, -0.1) is 0 Å². The maximum Gasteiger partial charge on any atom is 0.277 e. The number of nitrogens with two attached hydrogens (primary N) is 1. The molecule has 0 heterocycles. The fraction of sp³-hybridized carbons (Fsp3) is 1.00. The molecule has 6 heteroatoms. The third-order valence-corrected chi connectivity index (χ3v) is 3.38. The van der Waals surface area contributed by atoms with Gasteiger partial charge in [0.2, 0.25) is 0 Å². The Kier molecular flexibility index (Phi) is 7.91. The van der Waals surface area contributed by atoms with Crippen LogP contribution in [0.4, 0.5) is 0 Å². The van der Waals surface area contributed by atoms with Crippen molar-refractivity contribution in [3.8, 4) is 0 Å². The third kappa shape index (κ3) is 8.04. The van der Waals surface area contributed by atoms with Crippen molar-refractivity contribution in [3.63, 3.8) is 0 Å².